The monoisotopic (exact) mass is 182 g/mol. The molecule has 1 aliphatic carbocycles. The maximum absolute atomic E-state index is 11.5. The number of carbonyl (C=O) groups is 1. The van der Waals surface area contributed by atoms with Crippen molar-refractivity contribution in [3.8, 4) is 0 Å². The quantitative estimate of drug-likeness (QED) is 0.653. The predicted molar refractivity (Wildman–Crippen MR) is 51.3 cm³/mol. The minimum atomic E-state index is 0.279. The highest BCUT2D eigenvalue weighted by atomic mass is 16.2. The van der Waals surface area contributed by atoms with Crippen molar-refractivity contribution < 1.29 is 4.79 Å². The molecule has 3 heteroatoms. The Balaban J connectivity index is 1.73. The lowest BCUT2D eigenvalue weighted by Crippen LogP contribution is -2.46. The first-order valence-corrected chi connectivity index (χ1v) is 5.28. The first-order chi connectivity index (χ1) is 6.27. The van der Waals surface area contributed by atoms with Crippen LogP contribution in [0.4, 0.5) is 0 Å². The van der Waals surface area contributed by atoms with E-state index in [1.54, 1.807) is 0 Å². The van der Waals surface area contributed by atoms with Crippen molar-refractivity contribution in [2.45, 2.75) is 32.2 Å². The van der Waals surface area contributed by atoms with E-state index in [1.165, 1.54) is 6.42 Å². The van der Waals surface area contributed by atoms with Gasteiger partial charge in [-0.3, -0.25) is 4.79 Å². The summed E-state index contributed by atoms with van der Waals surface area (Å²) in [5.41, 5.74) is 0. The zero-order valence-electron chi connectivity index (χ0n) is 8.18. The predicted octanol–water partition coefficient (Wildman–Crippen LogP) is 0.511. The second kappa shape index (κ2) is 3.66. The Bertz CT molecular complexity index is 199. The smallest absolute Gasteiger partial charge is 0.223 e. The van der Waals surface area contributed by atoms with Gasteiger partial charge in [0.05, 0.1) is 0 Å². The minimum Gasteiger partial charge on any atom is -0.352 e. The van der Waals surface area contributed by atoms with Gasteiger partial charge in [0, 0.05) is 18.5 Å². The Morgan fingerprint density at radius 1 is 1.54 bits per heavy atom. The largest absolute Gasteiger partial charge is 0.352 e. The lowest BCUT2D eigenvalue weighted by atomic mass is 10.1. The van der Waals surface area contributed by atoms with Gasteiger partial charge in [-0.15, -0.1) is 0 Å². The van der Waals surface area contributed by atoms with Crippen molar-refractivity contribution in [2.75, 3.05) is 13.1 Å². The van der Waals surface area contributed by atoms with Gasteiger partial charge in [-0.25, -0.2) is 0 Å². The summed E-state index contributed by atoms with van der Waals surface area (Å²) in [6.07, 6.45) is 3.41. The van der Waals surface area contributed by atoms with Crippen molar-refractivity contribution in [2.24, 2.45) is 11.8 Å². The van der Waals surface area contributed by atoms with Crippen LogP contribution in [0.5, 0.6) is 0 Å². The number of hydrogen-bond acceptors (Lipinski definition) is 2. The summed E-state index contributed by atoms with van der Waals surface area (Å²) in [7, 11) is 0. The summed E-state index contributed by atoms with van der Waals surface area (Å²) in [5.74, 6) is 1.22. The molecule has 1 heterocycles. The molecule has 0 aromatic heterocycles. The summed E-state index contributed by atoms with van der Waals surface area (Å²) in [6, 6.07) is 0.383. The van der Waals surface area contributed by atoms with E-state index in [2.05, 4.69) is 17.6 Å². The van der Waals surface area contributed by atoms with Crippen LogP contribution in [0.1, 0.15) is 26.2 Å². The van der Waals surface area contributed by atoms with E-state index in [-0.39, 0.29) is 5.91 Å². The van der Waals surface area contributed by atoms with Crippen LogP contribution in [0.15, 0.2) is 0 Å². The van der Waals surface area contributed by atoms with E-state index in [0.717, 1.165) is 25.9 Å². The van der Waals surface area contributed by atoms with Crippen LogP contribution in [-0.4, -0.2) is 25.0 Å². The molecule has 2 N–H and O–H groups in total. The number of carbonyl (C=O) groups excluding carboxylic acids is 1. The van der Waals surface area contributed by atoms with E-state index in [9.17, 15) is 4.79 Å². The molecule has 74 valence electrons. The molecule has 0 spiro atoms. The van der Waals surface area contributed by atoms with Gasteiger partial charge < -0.3 is 10.6 Å². The van der Waals surface area contributed by atoms with Crippen LogP contribution in [0, 0.1) is 11.8 Å². The van der Waals surface area contributed by atoms with Crippen LogP contribution < -0.4 is 10.6 Å². The van der Waals surface area contributed by atoms with Crippen molar-refractivity contribution >= 4 is 5.91 Å². The van der Waals surface area contributed by atoms with Gasteiger partial charge in [0.2, 0.25) is 5.91 Å². The van der Waals surface area contributed by atoms with Crippen molar-refractivity contribution in [3.05, 3.63) is 0 Å². The molecule has 0 radical (unpaired) electrons. The van der Waals surface area contributed by atoms with Crippen molar-refractivity contribution in [1.29, 1.82) is 0 Å². The fourth-order valence-corrected chi connectivity index (χ4v) is 1.97. The molecule has 1 aliphatic heterocycles. The van der Waals surface area contributed by atoms with Gasteiger partial charge in [-0.05, 0) is 31.7 Å². The summed E-state index contributed by atoms with van der Waals surface area (Å²) in [5, 5.41) is 6.41. The average molecular weight is 182 g/mol. The van der Waals surface area contributed by atoms with Crippen molar-refractivity contribution in [3.63, 3.8) is 0 Å². The van der Waals surface area contributed by atoms with Gasteiger partial charge in [-0.2, -0.15) is 0 Å². The number of piperidine rings is 1. The molecule has 3 nitrogen and oxygen atoms in total. The summed E-state index contributed by atoms with van der Waals surface area (Å²) >= 11 is 0. The molecule has 2 aliphatic rings. The Kier molecular flexibility index (Phi) is 2.54. The van der Waals surface area contributed by atoms with E-state index in [4.69, 9.17) is 0 Å². The molecule has 2 fully saturated rings. The lowest BCUT2D eigenvalue weighted by molar-refractivity contribution is -0.123. The highest BCUT2D eigenvalue weighted by Gasteiger charge is 2.39. The first-order valence-electron chi connectivity index (χ1n) is 5.28. The number of nitrogens with one attached hydrogen (secondary N) is 2. The Morgan fingerprint density at radius 3 is 2.85 bits per heavy atom. The zero-order chi connectivity index (χ0) is 9.26. The van der Waals surface area contributed by atoms with Gasteiger partial charge in [0.25, 0.3) is 0 Å². The molecule has 13 heavy (non-hydrogen) atoms. The van der Waals surface area contributed by atoms with Crippen LogP contribution in [0.3, 0.4) is 0 Å². The SMILES string of the molecule is CC1CC1C(=O)NC1CCCNC1. The van der Waals surface area contributed by atoms with Gasteiger partial charge in [0.15, 0.2) is 0 Å². The number of rotatable bonds is 2. The van der Waals surface area contributed by atoms with E-state index < -0.39 is 0 Å². The summed E-state index contributed by atoms with van der Waals surface area (Å²) in [4.78, 5) is 11.5. The molecule has 1 saturated heterocycles. The highest BCUT2D eigenvalue weighted by molar-refractivity contribution is 5.81. The van der Waals surface area contributed by atoms with Crippen LogP contribution in [0.25, 0.3) is 0 Å². The summed E-state index contributed by atoms with van der Waals surface area (Å²) < 4.78 is 0. The maximum Gasteiger partial charge on any atom is 0.223 e. The summed E-state index contributed by atoms with van der Waals surface area (Å²) in [6.45, 7) is 4.20. The molecule has 3 unspecified atom stereocenters. The van der Waals surface area contributed by atoms with Gasteiger partial charge in [-0.1, -0.05) is 6.92 Å². The Hall–Kier alpha value is -0.570. The van der Waals surface area contributed by atoms with E-state index in [1.807, 2.05) is 0 Å². The number of hydrogen-bond donors (Lipinski definition) is 2. The highest BCUT2D eigenvalue weighted by Crippen LogP contribution is 2.37. The maximum atomic E-state index is 11.5. The molecule has 0 aromatic rings. The second-order valence-electron chi connectivity index (χ2n) is 4.37. The minimum absolute atomic E-state index is 0.279. The molecule has 2 rings (SSSR count). The Morgan fingerprint density at radius 2 is 2.31 bits per heavy atom. The first kappa shape index (κ1) is 9.00. The van der Waals surface area contributed by atoms with Crippen LogP contribution >= 0.6 is 0 Å². The third kappa shape index (κ3) is 2.21. The fourth-order valence-electron chi connectivity index (χ4n) is 1.97. The topological polar surface area (TPSA) is 41.1 Å². The average Bonchev–Trinajstić information content (AvgIpc) is 2.84. The molecular weight excluding hydrogens is 164 g/mol. The van der Waals surface area contributed by atoms with E-state index >= 15 is 0 Å². The molecule has 0 bridgehead atoms. The zero-order valence-corrected chi connectivity index (χ0v) is 8.18. The van der Waals surface area contributed by atoms with E-state index in [0.29, 0.717) is 17.9 Å². The third-order valence-electron chi connectivity index (χ3n) is 3.09. The molecule has 0 aromatic carbocycles. The standard InChI is InChI=1S/C10H18N2O/c1-7-5-9(7)10(13)12-8-3-2-4-11-6-8/h7-9,11H,2-6H2,1H3,(H,12,13). The van der Waals surface area contributed by atoms with Crippen LogP contribution in [-0.2, 0) is 4.79 Å². The number of amides is 1. The molecule has 1 amide bonds. The Labute approximate surface area is 79.3 Å². The fraction of sp³-hybridized carbons (Fsp3) is 0.900. The normalized spacial score (nSPS) is 38.4. The lowest BCUT2D eigenvalue weighted by Gasteiger charge is -2.23. The molecular formula is C10H18N2O. The van der Waals surface area contributed by atoms with Crippen molar-refractivity contribution in [1.82, 2.24) is 10.6 Å². The molecule has 1 saturated carbocycles. The second-order valence-corrected chi connectivity index (χ2v) is 4.37. The molecule has 3 atom stereocenters. The third-order valence-corrected chi connectivity index (χ3v) is 3.09. The van der Waals surface area contributed by atoms with Gasteiger partial charge >= 0.3 is 0 Å². The van der Waals surface area contributed by atoms with Crippen LogP contribution in [0.2, 0.25) is 0 Å². The van der Waals surface area contributed by atoms with Gasteiger partial charge in [0.1, 0.15) is 0 Å².